The van der Waals surface area contributed by atoms with E-state index in [1.54, 1.807) is 6.20 Å². The molecule has 0 fully saturated rings. The van der Waals surface area contributed by atoms with Gasteiger partial charge in [-0.25, -0.2) is 4.98 Å². The molecule has 7 heteroatoms. The van der Waals surface area contributed by atoms with E-state index in [2.05, 4.69) is 54.2 Å². The molecule has 4 nitrogen and oxygen atoms in total. The van der Waals surface area contributed by atoms with Gasteiger partial charge in [-0.05, 0) is 19.6 Å². The number of nitrogens with one attached hydrogen (secondary N) is 1. The minimum absolute atomic E-state index is 0.411. The molecule has 1 aromatic heterocycles. The number of halogens is 1. The highest BCUT2D eigenvalue weighted by Crippen LogP contribution is 2.23. The molecular weight excluding hydrogens is 270 g/mol. The van der Waals surface area contributed by atoms with E-state index in [0.717, 1.165) is 0 Å². The van der Waals surface area contributed by atoms with Crippen LogP contribution in [0.15, 0.2) is 6.20 Å². The third-order valence-corrected chi connectivity index (χ3v) is 3.67. The predicted molar refractivity (Wildman–Crippen MR) is 78.0 cm³/mol. The van der Waals surface area contributed by atoms with Crippen molar-refractivity contribution in [1.29, 1.82) is 0 Å². The second-order valence-electron chi connectivity index (χ2n) is 5.94. The maximum atomic E-state index is 6.06. The van der Waals surface area contributed by atoms with Gasteiger partial charge in [0.25, 0.3) is 0 Å². The van der Waals surface area contributed by atoms with E-state index in [0.29, 0.717) is 16.9 Å². The van der Waals surface area contributed by atoms with E-state index in [9.17, 15) is 0 Å². The average Bonchev–Trinajstić information content (AvgIpc) is 2.05. The van der Waals surface area contributed by atoms with Gasteiger partial charge < -0.3 is 9.41 Å². The van der Waals surface area contributed by atoms with Crippen molar-refractivity contribution in [2.24, 2.45) is 0 Å². The molecule has 1 heterocycles. The van der Waals surface area contributed by atoms with Gasteiger partial charge in [0.2, 0.25) is 8.32 Å². The zero-order valence-electron chi connectivity index (χ0n) is 11.3. The smallest absolute Gasteiger partial charge is 0.304 e. The summed E-state index contributed by atoms with van der Waals surface area (Å²) in [4.78, 5) is 11.8. The fourth-order valence-corrected chi connectivity index (χ4v) is 2.88. The van der Waals surface area contributed by atoms with Crippen molar-refractivity contribution in [1.82, 2.24) is 9.97 Å². The van der Waals surface area contributed by atoms with E-state index >= 15 is 0 Å². The Labute approximate surface area is 110 Å². The summed E-state index contributed by atoms with van der Waals surface area (Å²) in [7, 11) is -3.16. The Balaban J connectivity index is 2.95. The molecule has 0 aliphatic carbocycles. The highest BCUT2D eigenvalue weighted by molar-refractivity contribution is 6.79. The third kappa shape index (κ3) is 5.51. The van der Waals surface area contributed by atoms with Crippen LogP contribution in [0.3, 0.4) is 0 Å². The minimum atomic E-state index is -1.68. The Bertz CT molecular complexity index is 402. The molecule has 0 aliphatic heterocycles. The largest absolute Gasteiger partial charge is 0.518 e. The van der Waals surface area contributed by atoms with Crippen LogP contribution in [0.25, 0.3) is 0 Å². The van der Waals surface area contributed by atoms with Gasteiger partial charge in [0.05, 0.1) is 6.20 Å². The first-order chi connectivity index (χ1) is 7.57. The van der Waals surface area contributed by atoms with E-state index < -0.39 is 16.6 Å². The van der Waals surface area contributed by atoms with Crippen molar-refractivity contribution in [3.8, 4) is 6.01 Å². The van der Waals surface area contributed by atoms with Gasteiger partial charge in [0, 0.05) is 0 Å². The lowest BCUT2D eigenvalue weighted by Crippen LogP contribution is -2.33. The highest BCUT2D eigenvalue weighted by atomic mass is 35.5. The van der Waals surface area contributed by atoms with Gasteiger partial charge in [-0.15, -0.1) is 0 Å². The monoisotopic (exact) mass is 289 g/mol. The Hall–Kier alpha value is -0.596. The molecule has 1 aromatic rings. The Kier molecular flexibility index (Phi) is 4.21. The number of hydrogen-bond donors (Lipinski definition) is 1. The lowest BCUT2D eigenvalue weighted by molar-refractivity contribution is 0.510. The molecule has 1 rings (SSSR count). The quantitative estimate of drug-likeness (QED) is 0.861. The topological polar surface area (TPSA) is 47.0 Å². The molecule has 0 atom stereocenters. The van der Waals surface area contributed by atoms with Crippen LogP contribution < -0.4 is 9.41 Å². The number of hydrogen-bond acceptors (Lipinski definition) is 4. The van der Waals surface area contributed by atoms with Crippen molar-refractivity contribution in [2.75, 3.05) is 4.98 Å². The fourth-order valence-electron chi connectivity index (χ4n) is 1.12. The summed E-state index contributed by atoms with van der Waals surface area (Å²) in [5, 5.41) is 0.537. The average molecular weight is 290 g/mol. The van der Waals surface area contributed by atoms with Crippen LogP contribution in [0.2, 0.25) is 44.3 Å². The third-order valence-electron chi connectivity index (χ3n) is 1.61. The summed E-state index contributed by atoms with van der Waals surface area (Å²) >= 11 is 6.06. The van der Waals surface area contributed by atoms with Gasteiger partial charge in [-0.3, -0.25) is 0 Å². The summed E-state index contributed by atoms with van der Waals surface area (Å²) in [6, 6.07) is 0.411. The molecule has 17 heavy (non-hydrogen) atoms. The van der Waals surface area contributed by atoms with Crippen LogP contribution in [-0.4, -0.2) is 26.5 Å². The molecule has 0 radical (unpaired) electrons. The maximum absolute atomic E-state index is 6.06. The zero-order chi connectivity index (χ0) is 13.3. The summed E-state index contributed by atoms with van der Waals surface area (Å²) in [6.45, 7) is 12.8. The van der Waals surface area contributed by atoms with Crippen molar-refractivity contribution in [3.05, 3.63) is 11.2 Å². The predicted octanol–water partition coefficient (Wildman–Crippen LogP) is 3.59. The van der Waals surface area contributed by atoms with E-state index in [1.165, 1.54) is 0 Å². The first-order valence-electron chi connectivity index (χ1n) is 5.56. The first kappa shape index (κ1) is 14.5. The zero-order valence-corrected chi connectivity index (χ0v) is 14.0. The van der Waals surface area contributed by atoms with Crippen molar-refractivity contribution in [3.63, 3.8) is 0 Å². The van der Waals surface area contributed by atoms with Crippen LogP contribution >= 0.6 is 11.6 Å². The van der Waals surface area contributed by atoms with Crippen LogP contribution in [0.1, 0.15) is 0 Å². The van der Waals surface area contributed by atoms with Gasteiger partial charge in [-0.2, -0.15) is 4.98 Å². The Morgan fingerprint density at radius 3 is 2.24 bits per heavy atom. The maximum Gasteiger partial charge on any atom is 0.304 e. The van der Waals surface area contributed by atoms with Crippen molar-refractivity contribution < 1.29 is 4.43 Å². The van der Waals surface area contributed by atoms with Crippen molar-refractivity contribution in [2.45, 2.75) is 39.3 Å². The molecule has 0 amide bonds. The molecule has 0 spiro atoms. The number of anilines is 1. The van der Waals surface area contributed by atoms with Gasteiger partial charge in [0.1, 0.15) is 19.1 Å². The minimum Gasteiger partial charge on any atom is -0.518 e. The van der Waals surface area contributed by atoms with Gasteiger partial charge in [0.15, 0.2) is 0 Å². The molecule has 0 bridgehead atoms. The molecule has 1 N–H and O–H groups in total. The van der Waals surface area contributed by atoms with Crippen LogP contribution in [0.4, 0.5) is 5.82 Å². The lowest BCUT2D eigenvalue weighted by Gasteiger charge is -2.21. The normalized spacial score (nSPS) is 12.4. The summed E-state index contributed by atoms with van der Waals surface area (Å²) in [5.74, 6) is 0.675. The van der Waals surface area contributed by atoms with Gasteiger partial charge >= 0.3 is 6.01 Å². The molecule has 0 unspecified atom stereocenters. The molecule has 0 aliphatic rings. The van der Waals surface area contributed by atoms with Crippen LogP contribution in [0, 0.1) is 0 Å². The molecule has 0 saturated carbocycles. The van der Waals surface area contributed by atoms with E-state index in [1.807, 2.05) is 0 Å². The van der Waals surface area contributed by atoms with Crippen LogP contribution in [0.5, 0.6) is 6.01 Å². The second-order valence-corrected chi connectivity index (χ2v) is 15.5. The summed E-state index contributed by atoms with van der Waals surface area (Å²) < 4.78 is 5.75. The van der Waals surface area contributed by atoms with E-state index in [4.69, 9.17) is 16.0 Å². The lowest BCUT2D eigenvalue weighted by atomic mass is 10.6. The van der Waals surface area contributed by atoms with E-state index in [-0.39, 0.29) is 0 Å². The molecule has 0 saturated heterocycles. The standard InChI is InChI=1S/C10H20ClN3OSi2/c1-16(2,3)14-9-8(11)7-12-10(13-9)15-17(4,5)6/h7H,1-6H3,(H,12,13,14). The Morgan fingerprint density at radius 2 is 1.76 bits per heavy atom. The number of nitrogens with zero attached hydrogens (tertiary/aromatic N) is 2. The van der Waals surface area contributed by atoms with Crippen molar-refractivity contribution >= 4 is 34.0 Å². The summed E-state index contributed by atoms with van der Waals surface area (Å²) in [6.07, 6.45) is 1.59. The Morgan fingerprint density at radius 1 is 1.18 bits per heavy atom. The summed E-state index contributed by atoms with van der Waals surface area (Å²) in [5.41, 5.74) is 0. The molecule has 96 valence electrons. The number of rotatable bonds is 4. The number of aromatic nitrogens is 2. The highest BCUT2D eigenvalue weighted by Gasteiger charge is 2.20. The first-order valence-corrected chi connectivity index (χ1v) is 12.9. The fraction of sp³-hybridized carbons (Fsp3) is 0.600. The SMILES string of the molecule is C[Si](C)(C)Nc1nc(O[Si](C)(C)C)ncc1Cl. The van der Waals surface area contributed by atoms with Crippen LogP contribution in [-0.2, 0) is 0 Å². The second kappa shape index (κ2) is 4.95. The van der Waals surface area contributed by atoms with Gasteiger partial charge in [-0.1, -0.05) is 31.2 Å². The molecule has 0 aromatic carbocycles. The molecular formula is C10H20ClN3OSi2.